The number of benzene rings is 1. The lowest BCUT2D eigenvalue weighted by molar-refractivity contribution is 1.12. The highest BCUT2D eigenvalue weighted by Crippen LogP contribution is 2.28. The highest BCUT2D eigenvalue weighted by atomic mass is 79.9. The monoisotopic (exact) mass is 327 g/mol. The van der Waals surface area contributed by atoms with Gasteiger partial charge in [-0.05, 0) is 37.1 Å². The minimum atomic E-state index is -0.360. The van der Waals surface area contributed by atoms with Crippen molar-refractivity contribution in [3.8, 4) is 0 Å². The van der Waals surface area contributed by atoms with Crippen molar-refractivity contribution in [2.45, 2.75) is 13.8 Å². The fourth-order valence-corrected chi connectivity index (χ4v) is 2.53. The first kappa shape index (κ1) is 13.1. The molecule has 0 spiro atoms. The molecule has 1 aromatic carbocycles. The lowest BCUT2D eigenvalue weighted by atomic mass is 10.1. The van der Waals surface area contributed by atoms with E-state index in [4.69, 9.17) is 11.6 Å². The number of H-pyrrole nitrogens is 1. The maximum atomic E-state index is 11.4. The zero-order valence-corrected chi connectivity index (χ0v) is 12.2. The van der Waals surface area contributed by atoms with Gasteiger partial charge in [0.05, 0.1) is 6.33 Å². The van der Waals surface area contributed by atoms with Crippen LogP contribution in [0, 0.1) is 13.8 Å². The van der Waals surface area contributed by atoms with Crippen LogP contribution < -0.4 is 10.9 Å². The molecule has 18 heavy (non-hydrogen) atoms. The van der Waals surface area contributed by atoms with Gasteiger partial charge in [0.2, 0.25) is 0 Å². The van der Waals surface area contributed by atoms with E-state index in [-0.39, 0.29) is 10.6 Å². The third kappa shape index (κ3) is 2.57. The summed E-state index contributed by atoms with van der Waals surface area (Å²) < 4.78 is 1.01. The average Bonchev–Trinajstić information content (AvgIpc) is 2.28. The van der Waals surface area contributed by atoms with Gasteiger partial charge < -0.3 is 10.3 Å². The lowest BCUT2D eigenvalue weighted by Gasteiger charge is -2.13. The molecule has 2 rings (SSSR count). The number of aromatic nitrogens is 2. The molecule has 0 radical (unpaired) electrons. The van der Waals surface area contributed by atoms with Crippen LogP contribution in [0.15, 0.2) is 27.7 Å². The number of halogens is 2. The summed E-state index contributed by atoms with van der Waals surface area (Å²) in [5.74, 6) is 0.355. The van der Waals surface area contributed by atoms with Crippen molar-refractivity contribution >= 4 is 39.0 Å². The van der Waals surface area contributed by atoms with Crippen LogP contribution in [0.3, 0.4) is 0 Å². The molecule has 0 atom stereocenters. The molecule has 0 bridgehead atoms. The largest absolute Gasteiger partial charge is 0.338 e. The van der Waals surface area contributed by atoms with Crippen LogP contribution >= 0.6 is 27.5 Å². The third-order valence-corrected chi connectivity index (χ3v) is 3.35. The van der Waals surface area contributed by atoms with Crippen LogP contribution in [0.5, 0.6) is 0 Å². The van der Waals surface area contributed by atoms with Crippen LogP contribution in [0.25, 0.3) is 0 Å². The minimum absolute atomic E-state index is 0.0548. The van der Waals surface area contributed by atoms with Gasteiger partial charge in [0.15, 0.2) is 5.82 Å². The number of hydrogen-bond donors (Lipinski definition) is 2. The Balaban J connectivity index is 2.47. The number of hydrogen-bond acceptors (Lipinski definition) is 3. The van der Waals surface area contributed by atoms with E-state index in [1.54, 1.807) is 0 Å². The second kappa shape index (κ2) is 5.12. The van der Waals surface area contributed by atoms with Gasteiger partial charge in [0.25, 0.3) is 5.56 Å². The Hall–Kier alpha value is -1.33. The summed E-state index contributed by atoms with van der Waals surface area (Å²) in [6, 6.07) is 3.97. The smallest absolute Gasteiger partial charge is 0.271 e. The van der Waals surface area contributed by atoms with Crippen LogP contribution in [-0.2, 0) is 0 Å². The number of aromatic amines is 1. The van der Waals surface area contributed by atoms with Gasteiger partial charge in [0.1, 0.15) is 5.02 Å². The molecule has 4 nitrogen and oxygen atoms in total. The molecule has 0 fully saturated rings. The third-order valence-electron chi connectivity index (χ3n) is 2.54. The topological polar surface area (TPSA) is 57.8 Å². The first-order valence-corrected chi connectivity index (χ1v) is 6.43. The van der Waals surface area contributed by atoms with Gasteiger partial charge in [-0.1, -0.05) is 27.5 Å². The molecular formula is C12H11BrClN3O. The molecule has 1 heterocycles. The van der Waals surface area contributed by atoms with Gasteiger partial charge in [-0.2, -0.15) is 0 Å². The fourth-order valence-electron chi connectivity index (χ4n) is 1.70. The molecule has 0 aliphatic heterocycles. The summed E-state index contributed by atoms with van der Waals surface area (Å²) in [4.78, 5) is 17.8. The zero-order valence-electron chi connectivity index (χ0n) is 9.84. The van der Waals surface area contributed by atoms with Crippen LogP contribution in [0.1, 0.15) is 11.1 Å². The van der Waals surface area contributed by atoms with Gasteiger partial charge in [0, 0.05) is 10.2 Å². The Labute approximate surface area is 118 Å². The van der Waals surface area contributed by atoms with Gasteiger partial charge >= 0.3 is 0 Å². The highest BCUT2D eigenvalue weighted by Gasteiger charge is 2.09. The quantitative estimate of drug-likeness (QED) is 0.886. The predicted molar refractivity (Wildman–Crippen MR) is 76.8 cm³/mol. The number of nitrogens with zero attached hydrogens (tertiary/aromatic N) is 1. The number of rotatable bonds is 2. The van der Waals surface area contributed by atoms with E-state index in [9.17, 15) is 4.79 Å². The Morgan fingerprint density at radius 2 is 1.94 bits per heavy atom. The van der Waals surface area contributed by atoms with Crippen molar-refractivity contribution in [3.63, 3.8) is 0 Å². The maximum absolute atomic E-state index is 11.4. The maximum Gasteiger partial charge on any atom is 0.271 e. The van der Waals surface area contributed by atoms with Crippen molar-refractivity contribution < 1.29 is 0 Å². The van der Waals surface area contributed by atoms with E-state index in [1.807, 2.05) is 26.0 Å². The van der Waals surface area contributed by atoms with Crippen LogP contribution in [0.2, 0.25) is 5.02 Å². The normalized spacial score (nSPS) is 10.4. The summed E-state index contributed by atoms with van der Waals surface area (Å²) in [7, 11) is 0. The van der Waals surface area contributed by atoms with Crippen molar-refractivity contribution in [1.29, 1.82) is 0 Å². The van der Waals surface area contributed by atoms with Crippen molar-refractivity contribution in [1.82, 2.24) is 9.97 Å². The SMILES string of the molecule is Cc1cc(Br)cc(C)c1Nc1nc[nH]c(=O)c1Cl. The Bertz CT molecular complexity index is 631. The molecule has 0 aliphatic rings. The van der Waals surface area contributed by atoms with Crippen molar-refractivity contribution in [2.75, 3.05) is 5.32 Å². The molecular weight excluding hydrogens is 318 g/mol. The first-order chi connectivity index (χ1) is 8.49. The Morgan fingerprint density at radius 3 is 2.56 bits per heavy atom. The Morgan fingerprint density at radius 1 is 1.33 bits per heavy atom. The molecule has 0 saturated heterocycles. The van der Waals surface area contributed by atoms with Gasteiger partial charge in [-0.25, -0.2) is 4.98 Å². The summed E-state index contributed by atoms with van der Waals surface area (Å²) in [5.41, 5.74) is 2.62. The molecule has 2 N–H and O–H groups in total. The molecule has 94 valence electrons. The summed E-state index contributed by atoms with van der Waals surface area (Å²) in [6.07, 6.45) is 1.32. The second-order valence-corrected chi connectivity index (χ2v) is 5.23. The van der Waals surface area contributed by atoms with E-state index < -0.39 is 0 Å². The van der Waals surface area contributed by atoms with Gasteiger partial charge in [-0.3, -0.25) is 4.79 Å². The van der Waals surface area contributed by atoms with E-state index >= 15 is 0 Å². The molecule has 0 amide bonds. The van der Waals surface area contributed by atoms with Crippen molar-refractivity contribution in [2.24, 2.45) is 0 Å². The number of anilines is 2. The Kier molecular flexibility index (Phi) is 3.73. The molecule has 0 aliphatic carbocycles. The van der Waals surface area contributed by atoms with E-state index in [0.29, 0.717) is 5.82 Å². The van der Waals surface area contributed by atoms with Crippen LogP contribution in [0.4, 0.5) is 11.5 Å². The summed E-state index contributed by atoms with van der Waals surface area (Å²) in [5, 5.41) is 3.15. The van der Waals surface area contributed by atoms with Crippen molar-refractivity contribution in [3.05, 3.63) is 49.4 Å². The van der Waals surface area contributed by atoms with E-state index in [0.717, 1.165) is 21.3 Å². The highest BCUT2D eigenvalue weighted by molar-refractivity contribution is 9.10. The second-order valence-electron chi connectivity index (χ2n) is 3.93. The summed E-state index contributed by atoms with van der Waals surface area (Å²) in [6.45, 7) is 3.95. The lowest BCUT2D eigenvalue weighted by Crippen LogP contribution is -2.10. The average molecular weight is 329 g/mol. The van der Waals surface area contributed by atoms with Crippen LogP contribution in [-0.4, -0.2) is 9.97 Å². The zero-order chi connectivity index (χ0) is 13.3. The predicted octanol–water partition coefficient (Wildman–Crippen LogP) is 3.55. The minimum Gasteiger partial charge on any atom is -0.338 e. The standard InChI is InChI=1S/C12H11BrClN3O/c1-6-3-8(13)4-7(2)10(6)17-11-9(14)12(18)16-5-15-11/h3-5H,1-2H3,(H2,15,16,17,18). The van der Waals surface area contributed by atoms with E-state index in [2.05, 4.69) is 31.2 Å². The summed E-state index contributed by atoms with van der Waals surface area (Å²) >= 11 is 9.34. The fraction of sp³-hybridized carbons (Fsp3) is 0.167. The molecule has 1 aromatic heterocycles. The number of nitrogens with one attached hydrogen (secondary N) is 2. The molecule has 6 heteroatoms. The molecule has 0 saturated carbocycles. The number of aryl methyl sites for hydroxylation is 2. The van der Waals surface area contributed by atoms with Gasteiger partial charge in [-0.15, -0.1) is 0 Å². The first-order valence-electron chi connectivity index (χ1n) is 5.26. The molecule has 0 unspecified atom stereocenters. The van der Waals surface area contributed by atoms with E-state index in [1.165, 1.54) is 6.33 Å². The molecule has 2 aromatic rings.